The van der Waals surface area contributed by atoms with Crippen molar-refractivity contribution in [3.8, 4) is 5.75 Å². The number of carbonyl (C=O) groups is 1. The minimum Gasteiger partial charge on any atom is -0.508 e. The molecule has 94 valence electrons. The highest BCUT2D eigenvalue weighted by Crippen LogP contribution is 2.27. The van der Waals surface area contributed by atoms with Gasteiger partial charge in [-0.25, -0.2) is 0 Å². The molecule has 0 aromatic heterocycles. The van der Waals surface area contributed by atoms with Gasteiger partial charge in [0, 0.05) is 12.0 Å². The molecule has 17 heavy (non-hydrogen) atoms. The quantitative estimate of drug-likeness (QED) is 0.798. The third kappa shape index (κ3) is 5.03. The maximum absolute atomic E-state index is 12.0. The van der Waals surface area contributed by atoms with Crippen LogP contribution in [0.25, 0.3) is 0 Å². The highest BCUT2D eigenvalue weighted by molar-refractivity contribution is 5.96. The number of phenolic OH excluding ortho intramolecular Hbond substituents is 1. The molecule has 0 aliphatic rings. The maximum Gasteiger partial charge on any atom is 0.163 e. The minimum absolute atomic E-state index is 0.154. The molecule has 0 fully saturated rings. The van der Waals surface area contributed by atoms with E-state index in [1.54, 1.807) is 24.3 Å². The van der Waals surface area contributed by atoms with Gasteiger partial charge in [-0.1, -0.05) is 27.7 Å². The van der Waals surface area contributed by atoms with Crippen molar-refractivity contribution in [2.75, 3.05) is 0 Å². The number of benzene rings is 1. The van der Waals surface area contributed by atoms with Crippen LogP contribution in [0.1, 0.15) is 50.9 Å². The van der Waals surface area contributed by atoms with Crippen LogP contribution in [0.2, 0.25) is 0 Å². The summed E-state index contributed by atoms with van der Waals surface area (Å²) in [4.78, 5) is 12.0. The Morgan fingerprint density at radius 3 is 2.24 bits per heavy atom. The fourth-order valence-electron chi connectivity index (χ4n) is 2.20. The summed E-state index contributed by atoms with van der Waals surface area (Å²) < 4.78 is 0. The highest BCUT2D eigenvalue weighted by Gasteiger charge is 2.18. The van der Waals surface area contributed by atoms with E-state index in [1.807, 2.05) is 0 Å². The molecule has 0 bridgehead atoms. The second-order valence-corrected chi connectivity index (χ2v) is 6.04. The lowest BCUT2D eigenvalue weighted by atomic mass is 9.83. The molecule has 0 aliphatic carbocycles. The van der Waals surface area contributed by atoms with Gasteiger partial charge in [-0.05, 0) is 42.0 Å². The first kappa shape index (κ1) is 13.8. The first-order chi connectivity index (χ1) is 7.78. The van der Waals surface area contributed by atoms with Crippen LogP contribution in [0.3, 0.4) is 0 Å². The third-order valence-corrected chi connectivity index (χ3v) is 2.68. The van der Waals surface area contributed by atoms with E-state index >= 15 is 0 Å². The topological polar surface area (TPSA) is 37.3 Å². The van der Waals surface area contributed by atoms with E-state index in [9.17, 15) is 4.79 Å². The molecular weight excluding hydrogens is 212 g/mol. The fourth-order valence-corrected chi connectivity index (χ4v) is 2.20. The van der Waals surface area contributed by atoms with Crippen molar-refractivity contribution in [3.05, 3.63) is 29.8 Å². The number of hydrogen-bond donors (Lipinski definition) is 1. The van der Waals surface area contributed by atoms with Gasteiger partial charge in [0.2, 0.25) is 0 Å². The molecule has 1 atom stereocenters. The molecule has 2 nitrogen and oxygen atoms in total. The van der Waals surface area contributed by atoms with E-state index in [1.165, 1.54) is 0 Å². The van der Waals surface area contributed by atoms with Gasteiger partial charge in [0.15, 0.2) is 5.78 Å². The van der Waals surface area contributed by atoms with Gasteiger partial charge in [-0.15, -0.1) is 0 Å². The predicted octanol–water partition coefficient (Wildman–Crippen LogP) is 4.04. The fraction of sp³-hybridized carbons (Fsp3) is 0.533. The number of carbonyl (C=O) groups excluding carboxylic acids is 1. The zero-order valence-electron chi connectivity index (χ0n) is 11.2. The van der Waals surface area contributed by atoms with Crippen LogP contribution in [0.15, 0.2) is 24.3 Å². The molecule has 0 heterocycles. The van der Waals surface area contributed by atoms with Crippen molar-refractivity contribution in [1.29, 1.82) is 0 Å². The van der Waals surface area contributed by atoms with Crippen LogP contribution in [-0.4, -0.2) is 10.9 Å². The normalized spacial score (nSPS) is 13.4. The number of phenols is 1. The molecule has 0 aliphatic heterocycles. The molecule has 1 rings (SSSR count). The summed E-state index contributed by atoms with van der Waals surface area (Å²) in [6.45, 7) is 8.68. The molecule has 0 amide bonds. The van der Waals surface area contributed by atoms with Crippen molar-refractivity contribution < 1.29 is 9.90 Å². The standard InChI is InChI=1S/C15H22O2/c1-11(10-15(2,3)4)9-14(17)12-5-7-13(16)8-6-12/h5-8,11,16H,9-10H2,1-4H3. The number of aromatic hydroxyl groups is 1. The average Bonchev–Trinajstić information content (AvgIpc) is 2.15. The van der Waals surface area contributed by atoms with Crippen LogP contribution < -0.4 is 0 Å². The lowest BCUT2D eigenvalue weighted by molar-refractivity contribution is 0.0954. The Bertz CT molecular complexity index is 371. The number of hydrogen-bond acceptors (Lipinski definition) is 2. The number of ketones is 1. The first-order valence-corrected chi connectivity index (χ1v) is 6.10. The molecular formula is C15H22O2. The van der Waals surface area contributed by atoms with Crippen molar-refractivity contribution in [1.82, 2.24) is 0 Å². The smallest absolute Gasteiger partial charge is 0.163 e. The van der Waals surface area contributed by atoms with Gasteiger partial charge in [-0.3, -0.25) is 4.79 Å². The van der Waals surface area contributed by atoms with E-state index in [-0.39, 0.29) is 16.9 Å². The Kier molecular flexibility index (Phi) is 4.33. The Hall–Kier alpha value is -1.31. The summed E-state index contributed by atoms with van der Waals surface area (Å²) in [6, 6.07) is 6.48. The van der Waals surface area contributed by atoms with Gasteiger partial charge in [0.25, 0.3) is 0 Å². The molecule has 1 unspecified atom stereocenters. The first-order valence-electron chi connectivity index (χ1n) is 6.10. The van der Waals surface area contributed by atoms with Crippen LogP contribution >= 0.6 is 0 Å². The van der Waals surface area contributed by atoms with Crippen molar-refractivity contribution in [2.45, 2.75) is 40.5 Å². The second kappa shape index (κ2) is 5.35. The number of Topliss-reactive ketones (excluding diaryl/α,β-unsaturated/α-hetero) is 1. The summed E-state index contributed by atoms with van der Waals surface area (Å²) >= 11 is 0. The SMILES string of the molecule is CC(CC(=O)c1ccc(O)cc1)CC(C)(C)C. The van der Waals surface area contributed by atoms with E-state index in [0.29, 0.717) is 17.9 Å². The van der Waals surface area contributed by atoms with Gasteiger partial charge in [-0.2, -0.15) is 0 Å². The highest BCUT2D eigenvalue weighted by atomic mass is 16.3. The van der Waals surface area contributed by atoms with Crippen LogP contribution in [-0.2, 0) is 0 Å². The monoisotopic (exact) mass is 234 g/mol. The lowest BCUT2D eigenvalue weighted by Crippen LogP contribution is -2.14. The maximum atomic E-state index is 12.0. The summed E-state index contributed by atoms with van der Waals surface area (Å²) in [5.41, 5.74) is 0.942. The second-order valence-electron chi connectivity index (χ2n) is 6.04. The van der Waals surface area contributed by atoms with Gasteiger partial charge in [0.05, 0.1) is 0 Å². The zero-order valence-corrected chi connectivity index (χ0v) is 11.2. The van der Waals surface area contributed by atoms with Crippen molar-refractivity contribution in [3.63, 3.8) is 0 Å². The Balaban J connectivity index is 2.57. The molecule has 0 saturated heterocycles. The van der Waals surface area contributed by atoms with Crippen molar-refractivity contribution in [2.24, 2.45) is 11.3 Å². The molecule has 0 radical (unpaired) electrons. The van der Waals surface area contributed by atoms with Gasteiger partial charge in [0.1, 0.15) is 5.75 Å². The van der Waals surface area contributed by atoms with E-state index < -0.39 is 0 Å². The summed E-state index contributed by atoms with van der Waals surface area (Å²) in [7, 11) is 0. The third-order valence-electron chi connectivity index (χ3n) is 2.68. The van der Waals surface area contributed by atoms with E-state index in [2.05, 4.69) is 27.7 Å². The lowest BCUT2D eigenvalue weighted by Gasteiger charge is -2.22. The zero-order chi connectivity index (χ0) is 13.1. The molecule has 0 spiro atoms. The largest absolute Gasteiger partial charge is 0.508 e. The van der Waals surface area contributed by atoms with E-state index in [0.717, 1.165) is 6.42 Å². The van der Waals surface area contributed by atoms with Crippen molar-refractivity contribution >= 4 is 5.78 Å². The van der Waals surface area contributed by atoms with Crippen LogP contribution in [0.5, 0.6) is 5.75 Å². The molecule has 1 aromatic rings. The molecule has 2 heteroatoms. The Morgan fingerprint density at radius 1 is 1.24 bits per heavy atom. The van der Waals surface area contributed by atoms with Gasteiger partial charge >= 0.3 is 0 Å². The molecule has 1 N–H and O–H groups in total. The summed E-state index contributed by atoms with van der Waals surface area (Å²) in [5.74, 6) is 0.738. The van der Waals surface area contributed by atoms with Crippen LogP contribution in [0.4, 0.5) is 0 Å². The Labute approximate surface area is 104 Å². The molecule has 1 aromatic carbocycles. The van der Waals surface area contributed by atoms with Crippen LogP contribution in [0, 0.1) is 11.3 Å². The number of rotatable bonds is 4. The summed E-state index contributed by atoms with van der Waals surface area (Å²) in [6.07, 6.45) is 1.61. The average molecular weight is 234 g/mol. The Morgan fingerprint density at radius 2 is 1.76 bits per heavy atom. The minimum atomic E-state index is 0.154. The molecule has 0 saturated carbocycles. The predicted molar refractivity (Wildman–Crippen MR) is 70.3 cm³/mol. The van der Waals surface area contributed by atoms with Gasteiger partial charge < -0.3 is 5.11 Å². The summed E-state index contributed by atoms with van der Waals surface area (Å²) in [5, 5.41) is 9.16. The van der Waals surface area contributed by atoms with E-state index in [4.69, 9.17) is 5.11 Å².